The molecular weight excluding hydrogens is 334 g/mol. The molecule has 0 unspecified atom stereocenters. The molecule has 2 aromatic rings. The Hall–Kier alpha value is -1.58. The van der Waals surface area contributed by atoms with Gasteiger partial charge in [-0.15, -0.1) is 9.19 Å². The van der Waals surface area contributed by atoms with Crippen LogP contribution in [-0.2, 0) is 0 Å². The van der Waals surface area contributed by atoms with E-state index < -0.39 is 14.5 Å². The van der Waals surface area contributed by atoms with Crippen LogP contribution in [0.5, 0.6) is 0 Å². The predicted molar refractivity (Wildman–Crippen MR) is 73.0 cm³/mol. The molecule has 0 aliphatic carbocycles. The van der Waals surface area contributed by atoms with E-state index in [1.54, 1.807) is 0 Å². The summed E-state index contributed by atoms with van der Waals surface area (Å²) >= 11 is 10.4. The molecule has 0 N–H and O–H groups in total. The summed E-state index contributed by atoms with van der Waals surface area (Å²) in [5.74, 6) is 0. The molecule has 0 saturated heterocycles. The maximum Gasteiger partial charge on any atom is 0.361 e. The van der Waals surface area contributed by atoms with Crippen LogP contribution >= 0.6 is 35.1 Å². The monoisotopic (exact) mass is 338 g/mol. The van der Waals surface area contributed by atoms with Crippen LogP contribution in [0.1, 0.15) is 0 Å². The molecule has 7 nitrogen and oxygen atoms in total. The lowest BCUT2D eigenvalue weighted by Gasteiger charge is -2.05. The molecule has 0 fully saturated rings. The average molecular weight is 339 g/mol. The Balaban J connectivity index is 2.42. The van der Waals surface area contributed by atoms with Gasteiger partial charge in [0, 0.05) is 12.1 Å². The fourth-order valence-electron chi connectivity index (χ4n) is 1.38. The zero-order chi connectivity index (χ0) is 14.9. The smallest absolute Gasteiger partial charge is 0.258 e. The van der Waals surface area contributed by atoms with E-state index in [2.05, 4.69) is 5.10 Å². The van der Waals surface area contributed by atoms with Gasteiger partial charge in [-0.05, 0) is 6.07 Å². The lowest BCUT2D eigenvalue weighted by molar-refractivity contribution is -0.384. The Bertz CT molecular complexity index is 712. The molecule has 0 aliphatic heterocycles. The van der Waals surface area contributed by atoms with Crippen molar-refractivity contribution < 1.29 is 9.31 Å². The first-order chi connectivity index (χ1) is 9.28. The number of benzene rings is 1. The molecule has 0 atom stereocenters. The summed E-state index contributed by atoms with van der Waals surface area (Å²) in [5.41, 5.74) is -0.729. The minimum Gasteiger partial charge on any atom is -0.258 e. The minimum absolute atomic E-state index is 0.156. The van der Waals surface area contributed by atoms with E-state index in [4.69, 9.17) is 23.2 Å². The van der Waals surface area contributed by atoms with Crippen LogP contribution < -0.4 is 5.69 Å². The largest absolute Gasteiger partial charge is 0.361 e. The summed E-state index contributed by atoms with van der Waals surface area (Å²) in [6.45, 7) is 0. The van der Waals surface area contributed by atoms with Crippen molar-refractivity contribution in [3.63, 3.8) is 0 Å². The van der Waals surface area contributed by atoms with Crippen molar-refractivity contribution >= 4 is 40.8 Å². The number of halogens is 3. The predicted octanol–water partition coefficient (Wildman–Crippen LogP) is 2.50. The lowest BCUT2D eigenvalue weighted by atomic mass is 10.3. The number of hydrogen-bond acceptors (Lipinski definition) is 5. The molecule has 1 aromatic heterocycles. The van der Waals surface area contributed by atoms with Gasteiger partial charge in [-0.2, -0.15) is 4.39 Å². The normalized spacial score (nSPS) is 11.6. The van der Waals surface area contributed by atoms with Crippen molar-refractivity contribution in [3.05, 3.63) is 51.2 Å². The van der Waals surface area contributed by atoms with Crippen molar-refractivity contribution in [2.45, 2.75) is 3.92 Å². The zero-order valence-corrected chi connectivity index (χ0v) is 11.8. The molecule has 0 amide bonds. The average Bonchev–Trinajstić information content (AvgIpc) is 2.69. The molecule has 0 spiro atoms. The summed E-state index contributed by atoms with van der Waals surface area (Å²) in [7, 11) is 0. The summed E-state index contributed by atoms with van der Waals surface area (Å²) in [6, 6.07) is 5.34. The number of nitro benzene ring substituents is 1. The zero-order valence-electron chi connectivity index (χ0n) is 9.44. The molecule has 11 heteroatoms. The fourth-order valence-corrected chi connectivity index (χ4v) is 2.23. The summed E-state index contributed by atoms with van der Waals surface area (Å²) < 4.78 is 12.0. The molecule has 1 heterocycles. The van der Waals surface area contributed by atoms with Gasteiger partial charge >= 0.3 is 9.61 Å². The Morgan fingerprint density at radius 1 is 1.45 bits per heavy atom. The number of nitrogens with zero attached hydrogens (tertiary/aromatic N) is 4. The van der Waals surface area contributed by atoms with Crippen LogP contribution in [0.4, 0.5) is 10.1 Å². The molecule has 0 saturated carbocycles. The van der Waals surface area contributed by atoms with Gasteiger partial charge in [-0.25, -0.2) is 9.36 Å². The Morgan fingerprint density at radius 3 is 2.75 bits per heavy atom. The molecule has 0 aliphatic rings. The molecule has 20 heavy (non-hydrogen) atoms. The first kappa shape index (κ1) is 14.8. The number of non-ortho nitro benzene ring substituents is 1. The van der Waals surface area contributed by atoms with Gasteiger partial charge in [-0.3, -0.25) is 10.1 Å². The van der Waals surface area contributed by atoms with E-state index in [1.807, 2.05) is 0 Å². The standard InChI is InChI=1S/C9H5Cl2FN4O3S/c10-9(11,12)20-15-8(17)14(5-13-15)6-2-1-3-7(4-6)16(18)19/h1-5H. The Kier molecular flexibility index (Phi) is 4.02. The maximum absolute atomic E-state index is 13.0. The molecule has 0 radical (unpaired) electrons. The van der Waals surface area contributed by atoms with Crippen molar-refractivity contribution in [2.75, 3.05) is 0 Å². The van der Waals surface area contributed by atoms with Gasteiger partial charge in [0.1, 0.15) is 6.33 Å². The van der Waals surface area contributed by atoms with Gasteiger partial charge in [0.25, 0.3) is 5.69 Å². The Morgan fingerprint density at radius 2 is 2.15 bits per heavy atom. The third kappa shape index (κ3) is 3.30. The highest BCUT2D eigenvalue weighted by Gasteiger charge is 2.27. The van der Waals surface area contributed by atoms with Gasteiger partial charge in [0.2, 0.25) is 0 Å². The first-order valence-electron chi connectivity index (χ1n) is 4.96. The van der Waals surface area contributed by atoms with Crippen LogP contribution in [0, 0.1) is 10.1 Å². The van der Waals surface area contributed by atoms with E-state index in [9.17, 15) is 19.3 Å². The van der Waals surface area contributed by atoms with Gasteiger partial charge < -0.3 is 0 Å². The molecule has 106 valence electrons. The second-order valence-electron chi connectivity index (χ2n) is 3.47. The molecule has 0 bridgehead atoms. The number of nitro groups is 1. The number of aromatic nitrogens is 3. The topological polar surface area (TPSA) is 83.0 Å². The van der Waals surface area contributed by atoms with Crippen LogP contribution in [-0.4, -0.2) is 22.6 Å². The molecular formula is C9H5Cl2FN4O3S. The molecule has 1 aromatic carbocycles. The minimum atomic E-state index is -2.72. The van der Waals surface area contributed by atoms with E-state index >= 15 is 0 Å². The SMILES string of the molecule is O=c1n(-c2cccc([N+](=O)[O-])c2)cnn1SC(F)(Cl)Cl. The second kappa shape index (κ2) is 5.43. The van der Waals surface area contributed by atoms with Crippen molar-refractivity contribution in [2.24, 2.45) is 0 Å². The molecule has 2 rings (SSSR count). The quantitative estimate of drug-likeness (QED) is 0.486. The van der Waals surface area contributed by atoms with E-state index in [0.29, 0.717) is 4.09 Å². The van der Waals surface area contributed by atoms with Crippen LogP contribution in [0.15, 0.2) is 35.4 Å². The third-order valence-corrected chi connectivity index (χ3v) is 3.19. The summed E-state index contributed by atoms with van der Waals surface area (Å²) in [5, 5.41) is 14.3. The first-order valence-corrected chi connectivity index (χ1v) is 6.48. The van der Waals surface area contributed by atoms with Gasteiger partial charge in [0.15, 0.2) is 0 Å². The third-order valence-electron chi connectivity index (χ3n) is 2.15. The number of hydrogen-bond donors (Lipinski definition) is 0. The van der Waals surface area contributed by atoms with Crippen molar-refractivity contribution in [3.8, 4) is 5.69 Å². The summed E-state index contributed by atoms with van der Waals surface area (Å²) in [4.78, 5) is 22.0. The van der Waals surface area contributed by atoms with E-state index in [0.717, 1.165) is 10.9 Å². The highest BCUT2D eigenvalue weighted by Crippen LogP contribution is 2.35. The highest BCUT2D eigenvalue weighted by atomic mass is 35.5. The van der Waals surface area contributed by atoms with Gasteiger partial charge in [-0.1, -0.05) is 29.3 Å². The number of alkyl halides is 3. The second-order valence-corrected chi connectivity index (χ2v) is 6.24. The van der Waals surface area contributed by atoms with Crippen molar-refractivity contribution in [1.82, 2.24) is 13.8 Å². The maximum atomic E-state index is 13.0. The lowest BCUT2D eigenvalue weighted by Crippen LogP contribution is -2.22. The van der Waals surface area contributed by atoms with Crippen LogP contribution in [0.25, 0.3) is 5.69 Å². The van der Waals surface area contributed by atoms with E-state index in [-0.39, 0.29) is 23.3 Å². The van der Waals surface area contributed by atoms with Gasteiger partial charge in [0.05, 0.1) is 22.6 Å². The van der Waals surface area contributed by atoms with E-state index in [1.165, 1.54) is 24.3 Å². The number of rotatable bonds is 4. The van der Waals surface area contributed by atoms with Crippen LogP contribution in [0.2, 0.25) is 0 Å². The fraction of sp³-hybridized carbons (Fsp3) is 0.111. The highest BCUT2D eigenvalue weighted by molar-refractivity contribution is 8.01. The summed E-state index contributed by atoms with van der Waals surface area (Å²) in [6.07, 6.45) is 1.08. The van der Waals surface area contributed by atoms with Crippen LogP contribution in [0.3, 0.4) is 0 Å². The Labute approximate surface area is 125 Å². The van der Waals surface area contributed by atoms with Crippen molar-refractivity contribution in [1.29, 1.82) is 0 Å².